The molecule has 0 aromatic carbocycles. The van der Waals surface area contributed by atoms with Gasteiger partial charge in [-0.15, -0.1) is 0 Å². The second kappa shape index (κ2) is 7.64. The van der Waals surface area contributed by atoms with Crippen LogP contribution in [0.2, 0.25) is 0 Å². The Bertz CT molecular complexity index is 166. The van der Waals surface area contributed by atoms with E-state index < -0.39 is 0 Å². The van der Waals surface area contributed by atoms with Crippen LogP contribution in [0.15, 0.2) is 0 Å². The largest absolute Gasteiger partial charge is 0.378 e. The van der Waals surface area contributed by atoms with Crippen LogP contribution in [0.1, 0.15) is 33.1 Å². The molecule has 1 rings (SSSR count). The molecule has 3 heteroatoms. The van der Waals surface area contributed by atoms with E-state index in [2.05, 4.69) is 34.7 Å². The van der Waals surface area contributed by atoms with E-state index in [0.717, 1.165) is 31.0 Å². The summed E-state index contributed by atoms with van der Waals surface area (Å²) in [6.45, 7) is 8.73. The van der Waals surface area contributed by atoms with Crippen LogP contribution >= 0.6 is 15.9 Å². The summed E-state index contributed by atoms with van der Waals surface area (Å²) in [6, 6.07) is 0.650. The summed E-state index contributed by atoms with van der Waals surface area (Å²) in [6.07, 6.45) is 3.83. The number of morpholine rings is 1. The fourth-order valence-electron chi connectivity index (χ4n) is 2.26. The summed E-state index contributed by atoms with van der Waals surface area (Å²) in [5.74, 6) is 0.808. The Labute approximate surface area is 102 Å². The van der Waals surface area contributed by atoms with Gasteiger partial charge in [-0.05, 0) is 18.8 Å². The number of rotatable bonds is 6. The Hall–Kier alpha value is 0.400. The van der Waals surface area contributed by atoms with Crippen LogP contribution in [0.3, 0.4) is 0 Å². The molecule has 0 saturated carbocycles. The van der Waals surface area contributed by atoms with Gasteiger partial charge in [0.15, 0.2) is 0 Å². The van der Waals surface area contributed by atoms with Crippen molar-refractivity contribution in [3.8, 4) is 0 Å². The molecule has 2 unspecified atom stereocenters. The molecule has 0 aromatic rings. The molecule has 0 aliphatic carbocycles. The molecule has 1 heterocycles. The number of hydrogen-bond donors (Lipinski definition) is 0. The first kappa shape index (κ1) is 13.5. The summed E-state index contributed by atoms with van der Waals surface area (Å²) in [5.41, 5.74) is 0. The van der Waals surface area contributed by atoms with Crippen molar-refractivity contribution in [2.45, 2.75) is 39.2 Å². The molecule has 1 saturated heterocycles. The lowest BCUT2D eigenvalue weighted by molar-refractivity contribution is -0.0145. The van der Waals surface area contributed by atoms with Gasteiger partial charge in [-0.2, -0.15) is 0 Å². The minimum absolute atomic E-state index is 0.650. The average molecular weight is 278 g/mol. The molecular weight excluding hydrogens is 254 g/mol. The third-order valence-electron chi connectivity index (χ3n) is 3.23. The van der Waals surface area contributed by atoms with E-state index in [1.54, 1.807) is 0 Å². The molecule has 0 aromatic heterocycles. The lowest BCUT2D eigenvalue weighted by Gasteiger charge is -2.37. The molecule has 1 aliphatic heterocycles. The average Bonchev–Trinajstić information content (AvgIpc) is 2.29. The van der Waals surface area contributed by atoms with Crippen molar-refractivity contribution in [1.29, 1.82) is 0 Å². The first-order chi connectivity index (χ1) is 7.31. The van der Waals surface area contributed by atoms with E-state index >= 15 is 0 Å². The quantitative estimate of drug-likeness (QED) is 0.693. The number of alkyl halides is 1. The summed E-state index contributed by atoms with van der Waals surface area (Å²) in [4.78, 5) is 2.62. The molecular formula is C12H24BrNO. The highest BCUT2D eigenvalue weighted by Crippen LogP contribution is 2.17. The lowest BCUT2D eigenvalue weighted by atomic mass is 10.0. The van der Waals surface area contributed by atoms with Crippen molar-refractivity contribution in [3.63, 3.8) is 0 Å². The molecule has 1 fully saturated rings. The molecule has 0 bridgehead atoms. The Kier molecular flexibility index (Phi) is 6.86. The first-order valence-corrected chi connectivity index (χ1v) is 7.31. The fourth-order valence-corrected chi connectivity index (χ4v) is 2.79. The van der Waals surface area contributed by atoms with Gasteiger partial charge in [0, 0.05) is 24.5 Å². The maximum Gasteiger partial charge on any atom is 0.0622 e. The van der Waals surface area contributed by atoms with Crippen LogP contribution in [-0.4, -0.2) is 42.6 Å². The van der Waals surface area contributed by atoms with Crippen LogP contribution in [0.5, 0.6) is 0 Å². The predicted octanol–water partition coefficient (Wildman–Crippen LogP) is 2.91. The number of ether oxygens (including phenoxy) is 1. The van der Waals surface area contributed by atoms with Crippen molar-refractivity contribution in [2.75, 3.05) is 31.6 Å². The highest BCUT2D eigenvalue weighted by atomic mass is 79.9. The zero-order valence-corrected chi connectivity index (χ0v) is 11.6. The van der Waals surface area contributed by atoms with Gasteiger partial charge in [0.1, 0.15) is 0 Å². The molecule has 2 atom stereocenters. The second-order valence-corrected chi connectivity index (χ2v) is 5.09. The topological polar surface area (TPSA) is 12.5 Å². The Balaban J connectivity index is 2.38. The standard InChI is InChI=1S/C12H24BrNO/c1-3-5-11(8-13)9-14-6-7-15-10-12(14)4-2/h11-12H,3-10H2,1-2H3. The van der Waals surface area contributed by atoms with E-state index in [1.165, 1.54) is 25.8 Å². The maximum atomic E-state index is 5.53. The first-order valence-electron chi connectivity index (χ1n) is 6.19. The lowest BCUT2D eigenvalue weighted by Crippen LogP contribution is -2.47. The molecule has 0 radical (unpaired) electrons. The van der Waals surface area contributed by atoms with Gasteiger partial charge in [-0.25, -0.2) is 0 Å². The second-order valence-electron chi connectivity index (χ2n) is 4.44. The van der Waals surface area contributed by atoms with Crippen LogP contribution in [0.4, 0.5) is 0 Å². The third kappa shape index (κ3) is 4.41. The summed E-state index contributed by atoms with van der Waals surface area (Å²) in [7, 11) is 0. The van der Waals surface area contributed by atoms with Crippen molar-refractivity contribution >= 4 is 15.9 Å². The molecule has 0 spiro atoms. The molecule has 0 amide bonds. The Morgan fingerprint density at radius 2 is 2.27 bits per heavy atom. The molecule has 2 nitrogen and oxygen atoms in total. The van der Waals surface area contributed by atoms with Crippen molar-refractivity contribution in [3.05, 3.63) is 0 Å². The summed E-state index contributed by atoms with van der Waals surface area (Å²) in [5, 5.41) is 1.13. The molecule has 0 N–H and O–H groups in total. The highest BCUT2D eigenvalue weighted by molar-refractivity contribution is 9.09. The normalized spacial score (nSPS) is 25.4. The molecule has 15 heavy (non-hydrogen) atoms. The van der Waals surface area contributed by atoms with Gasteiger partial charge >= 0.3 is 0 Å². The minimum atomic E-state index is 0.650. The minimum Gasteiger partial charge on any atom is -0.378 e. The highest BCUT2D eigenvalue weighted by Gasteiger charge is 2.23. The van der Waals surface area contributed by atoms with Crippen LogP contribution in [-0.2, 0) is 4.74 Å². The van der Waals surface area contributed by atoms with Crippen molar-refractivity contribution in [1.82, 2.24) is 4.90 Å². The van der Waals surface area contributed by atoms with E-state index in [1.807, 2.05) is 0 Å². The van der Waals surface area contributed by atoms with E-state index in [4.69, 9.17) is 4.74 Å². The number of halogens is 1. The summed E-state index contributed by atoms with van der Waals surface area (Å²) >= 11 is 3.63. The van der Waals surface area contributed by atoms with Gasteiger partial charge in [0.05, 0.1) is 13.2 Å². The number of nitrogens with zero attached hydrogens (tertiary/aromatic N) is 1. The smallest absolute Gasteiger partial charge is 0.0622 e. The van der Waals surface area contributed by atoms with Crippen LogP contribution < -0.4 is 0 Å². The predicted molar refractivity (Wildman–Crippen MR) is 68.7 cm³/mol. The number of hydrogen-bond acceptors (Lipinski definition) is 2. The molecule has 90 valence electrons. The van der Waals surface area contributed by atoms with E-state index in [9.17, 15) is 0 Å². The van der Waals surface area contributed by atoms with Crippen molar-refractivity contribution in [2.24, 2.45) is 5.92 Å². The van der Waals surface area contributed by atoms with Gasteiger partial charge < -0.3 is 4.74 Å². The zero-order valence-electron chi connectivity index (χ0n) is 10.0. The molecule has 1 aliphatic rings. The Morgan fingerprint density at radius 1 is 1.47 bits per heavy atom. The SMILES string of the molecule is CCCC(CBr)CN1CCOCC1CC. The third-order valence-corrected chi connectivity index (χ3v) is 4.14. The van der Waals surface area contributed by atoms with Gasteiger partial charge in [-0.3, -0.25) is 4.90 Å². The Morgan fingerprint density at radius 3 is 2.87 bits per heavy atom. The van der Waals surface area contributed by atoms with Gasteiger partial charge in [0.2, 0.25) is 0 Å². The summed E-state index contributed by atoms with van der Waals surface area (Å²) < 4.78 is 5.53. The van der Waals surface area contributed by atoms with Gasteiger partial charge in [0.25, 0.3) is 0 Å². The van der Waals surface area contributed by atoms with E-state index in [0.29, 0.717) is 6.04 Å². The van der Waals surface area contributed by atoms with Crippen LogP contribution in [0, 0.1) is 5.92 Å². The monoisotopic (exact) mass is 277 g/mol. The fraction of sp³-hybridized carbons (Fsp3) is 1.00. The van der Waals surface area contributed by atoms with E-state index in [-0.39, 0.29) is 0 Å². The van der Waals surface area contributed by atoms with Crippen molar-refractivity contribution < 1.29 is 4.74 Å². The van der Waals surface area contributed by atoms with Gasteiger partial charge in [-0.1, -0.05) is 36.2 Å². The maximum absolute atomic E-state index is 5.53. The zero-order chi connectivity index (χ0) is 11.1. The van der Waals surface area contributed by atoms with Crippen LogP contribution in [0.25, 0.3) is 0 Å².